The van der Waals surface area contributed by atoms with Crippen LogP contribution in [0.3, 0.4) is 0 Å². The Morgan fingerprint density at radius 2 is 2.03 bits per heavy atom. The molecule has 0 aliphatic carbocycles. The van der Waals surface area contributed by atoms with E-state index in [2.05, 4.69) is 10.1 Å². The van der Waals surface area contributed by atoms with Gasteiger partial charge in [0.15, 0.2) is 0 Å². The number of rotatable bonds is 11. The Hall–Kier alpha value is -3.06. The molecule has 4 N–H and O–H groups in total. The van der Waals surface area contributed by atoms with Crippen LogP contribution < -0.4 is 10.3 Å². The highest BCUT2D eigenvalue weighted by molar-refractivity contribution is 7.82. The van der Waals surface area contributed by atoms with Crippen molar-refractivity contribution in [3.63, 3.8) is 0 Å². The molecule has 1 saturated heterocycles. The first-order valence-corrected chi connectivity index (χ1v) is 14.5. The molecular weight excluding hydrogens is 522 g/mol. The summed E-state index contributed by atoms with van der Waals surface area (Å²) in [5.74, 6) is 0.807. The first-order chi connectivity index (χ1) is 18.8. The molecule has 0 amide bonds. The van der Waals surface area contributed by atoms with Crippen LogP contribution in [0.5, 0.6) is 5.75 Å². The summed E-state index contributed by atoms with van der Waals surface area (Å²) in [7, 11) is 0.258. The van der Waals surface area contributed by atoms with Crippen LogP contribution in [0.25, 0.3) is 22.4 Å². The van der Waals surface area contributed by atoms with Crippen molar-refractivity contribution in [1.82, 2.24) is 18.8 Å². The van der Waals surface area contributed by atoms with E-state index in [1.807, 2.05) is 18.2 Å². The lowest BCUT2D eigenvalue weighted by atomic mass is 9.93. The Balaban J connectivity index is 1.77. The second-order valence-corrected chi connectivity index (χ2v) is 11.3. The maximum Gasteiger partial charge on any atom is 0.275 e. The molecule has 0 saturated carbocycles. The van der Waals surface area contributed by atoms with Gasteiger partial charge in [0.05, 0.1) is 41.7 Å². The Labute approximate surface area is 229 Å². The fourth-order valence-corrected chi connectivity index (χ4v) is 6.38. The van der Waals surface area contributed by atoms with Crippen molar-refractivity contribution in [3.8, 4) is 17.1 Å². The van der Waals surface area contributed by atoms with Crippen LogP contribution in [0.15, 0.2) is 33.0 Å². The predicted molar refractivity (Wildman–Crippen MR) is 150 cm³/mol. The third kappa shape index (κ3) is 5.93. The molecule has 212 valence electrons. The molecule has 11 nitrogen and oxygen atoms in total. The fourth-order valence-electron chi connectivity index (χ4n) is 5.14. The van der Waals surface area contributed by atoms with Gasteiger partial charge in [0.2, 0.25) is 0 Å². The number of nitrogens with one attached hydrogen (secondary N) is 1. The average Bonchev–Trinajstić information content (AvgIpc) is 3.22. The molecule has 0 bridgehead atoms. The van der Waals surface area contributed by atoms with Gasteiger partial charge in [-0.3, -0.25) is 4.79 Å². The van der Waals surface area contributed by atoms with Crippen LogP contribution in [-0.4, -0.2) is 77.1 Å². The molecule has 12 heteroatoms. The molecule has 2 aromatic heterocycles. The van der Waals surface area contributed by atoms with Gasteiger partial charge in [-0.2, -0.15) is 0 Å². The second-order valence-electron chi connectivity index (χ2n) is 9.80. The number of nitrogens with zero attached hydrogens (tertiary/aromatic N) is 4. The van der Waals surface area contributed by atoms with E-state index in [0.717, 1.165) is 18.4 Å². The number of fused-ring (bicyclic) bond motifs is 1. The summed E-state index contributed by atoms with van der Waals surface area (Å²) in [6.45, 7) is 5.26. The highest BCUT2D eigenvalue weighted by atomic mass is 32.2. The van der Waals surface area contributed by atoms with Gasteiger partial charge in [-0.25, -0.2) is 13.5 Å². The van der Waals surface area contributed by atoms with Gasteiger partial charge in [0.25, 0.3) is 5.56 Å². The summed E-state index contributed by atoms with van der Waals surface area (Å²) in [5, 5.41) is 31.6. The molecule has 3 aromatic rings. The van der Waals surface area contributed by atoms with Crippen molar-refractivity contribution < 1.29 is 24.4 Å². The van der Waals surface area contributed by atoms with Crippen molar-refractivity contribution in [3.05, 3.63) is 39.8 Å². The Kier molecular flexibility index (Phi) is 9.54. The van der Waals surface area contributed by atoms with Gasteiger partial charge >= 0.3 is 0 Å². The third-order valence-electron chi connectivity index (χ3n) is 7.20. The van der Waals surface area contributed by atoms with Crippen LogP contribution >= 0.6 is 0 Å². The fraction of sp³-hybridized carbons (Fsp3) is 0.519. The molecule has 4 rings (SSSR count). The molecule has 0 radical (unpaired) electrons. The van der Waals surface area contributed by atoms with Gasteiger partial charge < -0.3 is 29.7 Å². The predicted octanol–water partition coefficient (Wildman–Crippen LogP) is 2.57. The monoisotopic (exact) mass is 559 g/mol. The molecule has 0 spiro atoms. The number of oxime groups is 1. The molecular formula is C27H37N5O6S. The summed E-state index contributed by atoms with van der Waals surface area (Å²) in [6, 6.07) is 5.27. The van der Waals surface area contributed by atoms with E-state index in [9.17, 15) is 24.4 Å². The lowest BCUT2D eigenvalue weighted by molar-refractivity contribution is 0.0283. The quantitative estimate of drug-likeness (QED) is 0.160. The number of benzene rings is 1. The molecule has 2 unspecified atom stereocenters. The van der Waals surface area contributed by atoms with Crippen molar-refractivity contribution >= 4 is 28.2 Å². The van der Waals surface area contributed by atoms with Crippen LogP contribution in [0.1, 0.15) is 50.8 Å². The lowest BCUT2D eigenvalue weighted by Crippen LogP contribution is -2.39. The van der Waals surface area contributed by atoms with Crippen LogP contribution in [0, 0.1) is 5.92 Å². The Bertz CT molecular complexity index is 1410. The molecule has 1 fully saturated rings. The molecule has 1 aromatic carbocycles. The summed E-state index contributed by atoms with van der Waals surface area (Å²) >= 11 is 0. The highest BCUT2D eigenvalue weighted by Crippen LogP contribution is 2.33. The van der Waals surface area contributed by atoms with Gasteiger partial charge in [0.1, 0.15) is 33.6 Å². The minimum absolute atomic E-state index is 0.0198. The van der Waals surface area contributed by atoms with Gasteiger partial charge in [0, 0.05) is 25.7 Å². The number of piperidine rings is 1. The minimum atomic E-state index is -1.48. The molecule has 39 heavy (non-hydrogen) atoms. The Morgan fingerprint density at radius 1 is 1.28 bits per heavy atom. The number of aromatic nitrogens is 3. The van der Waals surface area contributed by atoms with E-state index in [0.29, 0.717) is 77.7 Å². The molecule has 3 heterocycles. The molecule has 1 aliphatic rings. The molecule has 1 aliphatic heterocycles. The maximum atomic E-state index is 13.5. The average molecular weight is 560 g/mol. The van der Waals surface area contributed by atoms with E-state index in [1.54, 1.807) is 29.8 Å². The first-order valence-electron chi connectivity index (χ1n) is 13.4. The van der Waals surface area contributed by atoms with Crippen molar-refractivity contribution in [2.45, 2.75) is 57.0 Å². The largest absolute Gasteiger partial charge is 0.493 e. The number of aliphatic hydroxyl groups excluding tert-OH is 2. The van der Waals surface area contributed by atoms with Crippen LogP contribution in [0.4, 0.5) is 0 Å². The number of hydrogen-bond donors (Lipinski definition) is 4. The summed E-state index contributed by atoms with van der Waals surface area (Å²) in [6.07, 6.45) is 4.05. The number of H-pyrrole nitrogens is 1. The lowest BCUT2D eigenvalue weighted by Gasteiger charge is -2.32. The van der Waals surface area contributed by atoms with E-state index in [-0.39, 0.29) is 18.1 Å². The van der Waals surface area contributed by atoms with Crippen molar-refractivity contribution in [2.24, 2.45) is 18.1 Å². The number of aromatic amines is 1. The van der Waals surface area contributed by atoms with E-state index >= 15 is 0 Å². The van der Waals surface area contributed by atoms with Gasteiger partial charge in [-0.1, -0.05) is 25.4 Å². The topological polar surface area (TPSA) is 153 Å². The zero-order chi connectivity index (χ0) is 28.1. The van der Waals surface area contributed by atoms with Gasteiger partial charge in [-0.15, -0.1) is 0 Å². The standard InChI is InChI=1S/C27H37N5O6S/c1-4-6-19-21(15-28-36)31(3)25-24(19)29-26(30-27(25)35)20-14-18(7-8-23(20)38-13-5-2)39(37)32-11-9-17(10-12-32)22(34)16-33/h7-8,14-15,17,22,33-34,36H,4-6,9-13,16H2,1-3H3,(H,29,30,35)/b28-15+. The SMILES string of the molecule is CCCOc1ccc(S(=O)N2CCC(C(O)CO)CC2)cc1-c1nc2c(CCC)c(/C=N/O)n(C)c2c(=O)[nH]1. The van der Waals surface area contributed by atoms with Crippen molar-refractivity contribution in [2.75, 3.05) is 26.3 Å². The highest BCUT2D eigenvalue weighted by Gasteiger charge is 2.28. The van der Waals surface area contributed by atoms with Crippen molar-refractivity contribution in [1.29, 1.82) is 0 Å². The van der Waals surface area contributed by atoms with E-state index in [1.165, 1.54) is 6.21 Å². The van der Waals surface area contributed by atoms with E-state index in [4.69, 9.17) is 9.72 Å². The summed E-state index contributed by atoms with van der Waals surface area (Å²) < 4.78 is 23.1. The first kappa shape index (κ1) is 28.9. The number of hydrogen-bond acceptors (Lipinski definition) is 8. The maximum absolute atomic E-state index is 13.5. The number of ether oxygens (including phenoxy) is 1. The van der Waals surface area contributed by atoms with Crippen LogP contribution in [0.2, 0.25) is 0 Å². The Morgan fingerprint density at radius 3 is 2.67 bits per heavy atom. The van der Waals surface area contributed by atoms with Gasteiger partial charge in [-0.05, 0) is 49.8 Å². The minimum Gasteiger partial charge on any atom is -0.493 e. The normalized spacial score (nSPS) is 16.7. The summed E-state index contributed by atoms with van der Waals surface area (Å²) in [4.78, 5) is 21.6. The zero-order valence-corrected chi connectivity index (χ0v) is 23.4. The zero-order valence-electron chi connectivity index (χ0n) is 22.6. The number of aryl methyl sites for hydroxylation is 2. The van der Waals surface area contributed by atoms with E-state index < -0.39 is 17.1 Å². The number of aliphatic hydroxyl groups is 2. The molecule has 2 atom stereocenters. The van der Waals surface area contributed by atoms with Crippen LogP contribution in [-0.2, 0) is 24.5 Å². The second kappa shape index (κ2) is 12.9. The third-order valence-corrected chi connectivity index (χ3v) is 8.69. The summed E-state index contributed by atoms with van der Waals surface area (Å²) in [5.41, 5.74) is 2.50. The smallest absolute Gasteiger partial charge is 0.275 e.